The summed E-state index contributed by atoms with van der Waals surface area (Å²) < 4.78 is 15.6. The minimum atomic E-state index is -0.652. The number of esters is 2. The molecule has 2 heterocycles. The van der Waals surface area contributed by atoms with E-state index in [9.17, 15) is 19.2 Å². The average molecular weight is 510 g/mol. The number of hydrogen-bond acceptors (Lipinski definition) is 7. The minimum Gasteiger partial charge on any atom is -0.463 e. The van der Waals surface area contributed by atoms with Crippen LogP contribution < -0.4 is 10.1 Å². The molecule has 29 heavy (non-hydrogen) atoms. The van der Waals surface area contributed by atoms with Gasteiger partial charge < -0.3 is 19.2 Å². The maximum Gasteiger partial charge on any atom is 0.373 e. The van der Waals surface area contributed by atoms with Crippen molar-refractivity contribution in [1.29, 1.82) is 0 Å². The number of benzene rings is 1. The molecule has 0 radical (unpaired) electrons. The van der Waals surface area contributed by atoms with Crippen molar-refractivity contribution in [1.82, 2.24) is 10.2 Å². The van der Waals surface area contributed by atoms with Gasteiger partial charge in [0.15, 0.2) is 0 Å². The van der Waals surface area contributed by atoms with Gasteiger partial charge in [-0.15, -0.1) is 0 Å². The van der Waals surface area contributed by atoms with E-state index in [2.05, 4.69) is 10.1 Å². The Morgan fingerprint density at radius 3 is 2.66 bits per heavy atom. The summed E-state index contributed by atoms with van der Waals surface area (Å²) in [6.45, 7) is 1.17. The molecule has 1 aromatic heterocycles. The van der Waals surface area contributed by atoms with E-state index in [-0.39, 0.29) is 23.8 Å². The van der Waals surface area contributed by atoms with E-state index in [0.29, 0.717) is 14.9 Å². The summed E-state index contributed by atoms with van der Waals surface area (Å²) in [4.78, 5) is 48.3. The van der Waals surface area contributed by atoms with Crippen molar-refractivity contribution in [3.8, 4) is 5.75 Å². The maximum absolute atomic E-state index is 12.6. The van der Waals surface area contributed by atoms with Gasteiger partial charge in [0, 0.05) is 6.92 Å². The molecule has 10 heteroatoms. The predicted octanol–water partition coefficient (Wildman–Crippen LogP) is 2.69. The third-order valence-electron chi connectivity index (χ3n) is 3.85. The maximum atomic E-state index is 12.6. The SMILES string of the molecule is COC(=O)c1ccc(CN2C(=O)N/C(=C\c3ccc(OC(C)=O)c(I)c3)C2=O)o1. The van der Waals surface area contributed by atoms with Crippen LogP contribution in [0.2, 0.25) is 0 Å². The van der Waals surface area contributed by atoms with Gasteiger partial charge >= 0.3 is 18.0 Å². The number of urea groups is 1. The molecular weight excluding hydrogens is 495 g/mol. The van der Waals surface area contributed by atoms with E-state index in [1.165, 1.54) is 32.2 Å². The average Bonchev–Trinajstić information content (AvgIpc) is 3.24. The van der Waals surface area contributed by atoms with Gasteiger partial charge in [-0.25, -0.2) is 9.59 Å². The molecule has 0 saturated carbocycles. The minimum absolute atomic E-state index is 0.0206. The van der Waals surface area contributed by atoms with Crippen molar-refractivity contribution in [2.24, 2.45) is 0 Å². The number of imide groups is 1. The lowest BCUT2D eigenvalue weighted by Crippen LogP contribution is -2.30. The topological polar surface area (TPSA) is 115 Å². The van der Waals surface area contributed by atoms with Crippen LogP contribution in [0.25, 0.3) is 6.08 Å². The summed E-state index contributed by atoms with van der Waals surface area (Å²) in [5.41, 5.74) is 0.729. The molecule has 9 nitrogen and oxygen atoms in total. The molecule has 0 atom stereocenters. The van der Waals surface area contributed by atoms with Crippen molar-refractivity contribution in [2.75, 3.05) is 7.11 Å². The Hall–Kier alpha value is -3.15. The molecule has 3 rings (SSSR count). The van der Waals surface area contributed by atoms with Crippen LogP contribution in [0.5, 0.6) is 5.75 Å². The lowest BCUT2D eigenvalue weighted by atomic mass is 10.2. The first-order valence-corrected chi connectivity index (χ1v) is 9.36. The first-order chi connectivity index (χ1) is 13.8. The van der Waals surface area contributed by atoms with Gasteiger partial charge in [0.1, 0.15) is 17.2 Å². The van der Waals surface area contributed by atoms with Gasteiger partial charge in [0.05, 0.1) is 17.2 Å². The first kappa shape index (κ1) is 20.6. The standard InChI is InChI=1S/C19H15IN2O7/c1-10(23)28-15-5-3-11(7-13(15)20)8-14-17(24)22(19(26)21-14)9-12-4-6-16(29-12)18(25)27-2/h3-8H,9H2,1-2H3,(H,21,26)/b14-8-. The highest BCUT2D eigenvalue weighted by atomic mass is 127. The molecule has 1 fully saturated rings. The van der Waals surface area contributed by atoms with Crippen LogP contribution in [-0.4, -0.2) is 35.9 Å². The third kappa shape index (κ3) is 4.65. The van der Waals surface area contributed by atoms with Crippen LogP contribution in [-0.2, 0) is 20.9 Å². The molecule has 3 amide bonds. The van der Waals surface area contributed by atoms with Crippen molar-refractivity contribution in [3.63, 3.8) is 0 Å². The number of halogens is 1. The number of nitrogens with zero attached hydrogens (tertiary/aromatic N) is 1. The van der Waals surface area contributed by atoms with Gasteiger partial charge in [0.2, 0.25) is 5.76 Å². The number of nitrogens with one attached hydrogen (secondary N) is 1. The Morgan fingerprint density at radius 2 is 2.00 bits per heavy atom. The van der Waals surface area contributed by atoms with Crippen molar-refractivity contribution in [3.05, 3.63) is 56.7 Å². The Bertz CT molecular complexity index is 1040. The number of amides is 3. The number of ether oxygens (including phenoxy) is 2. The summed E-state index contributed by atoms with van der Waals surface area (Å²) in [5, 5.41) is 2.51. The monoisotopic (exact) mass is 510 g/mol. The molecule has 1 aromatic carbocycles. The lowest BCUT2D eigenvalue weighted by Gasteiger charge is -2.09. The largest absolute Gasteiger partial charge is 0.463 e. The summed E-state index contributed by atoms with van der Waals surface area (Å²) in [6, 6.07) is 7.26. The third-order valence-corrected chi connectivity index (χ3v) is 4.69. The van der Waals surface area contributed by atoms with Gasteiger partial charge in [-0.1, -0.05) is 6.07 Å². The van der Waals surface area contributed by atoms with Crippen LogP contribution in [0, 0.1) is 3.57 Å². The zero-order chi connectivity index (χ0) is 21.1. The molecule has 2 aromatic rings. The molecule has 0 spiro atoms. The van der Waals surface area contributed by atoms with Crippen LogP contribution in [0.3, 0.4) is 0 Å². The van der Waals surface area contributed by atoms with E-state index in [0.717, 1.165) is 4.90 Å². The second-order valence-electron chi connectivity index (χ2n) is 5.92. The molecule has 1 saturated heterocycles. The van der Waals surface area contributed by atoms with Crippen LogP contribution >= 0.6 is 22.6 Å². The molecule has 0 aliphatic carbocycles. The number of rotatable bonds is 5. The summed E-state index contributed by atoms with van der Waals surface area (Å²) in [5.74, 6) is -0.979. The smallest absolute Gasteiger partial charge is 0.373 e. The van der Waals surface area contributed by atoms with Gasteiger partial charge in [-0.2, -0.15) is 0 Å². The van der Waals surface area contributed by atoms with Gasteiger partial charge in [-0.3, -0.25) is 14.5 Å². The second kappa shape index (κ2) is 8.47. The molecule has 0 bridgehead atoms. The molecule has 150 valence electrons. The number of carbonyl (C=O) groups excluding carboxylic acids is 4. The van der Waals surface area contributed by atoms with Gasteiger partial charge in [-0.05, 0) is 58.5 Å². The summed E-state index contributed by atoms with van der Waals surface area (Å²) in [7, 11) is 1.22. The van der Waals surface area contributed by atoms with Crippen molar-refractivity contribution < 1.29 is 33.1 Å². The quantitative estimate of drug-likeness (QED) is 0.216. The Labute approximate surface area is 178 Å². The van der Waals surface area contributed by atoms with E-state index in [1.54, 1.807) is 18.2 Å². The van der Waals surface area contributed by atoms with Crippen LogP contribution in [0.1, 0.15) is 28.8 Å². The van der Waals surface area contributed by atoms with E-state index >= 15 is 0 Å². The van der Waals surface area contributed by atoms with E-state index in [1.807, 2.05) is 22.6 Å². The van der Waals surface area contributed by atoms with Crippen LogP contribution in [0.4, 0.5) is 4.79 Å². The number of carbonyl (C=O) groups is 4. The number of furan rings is 1. The van der Waals surface area contributed by atoms with Crippen molar-refractivity contribution >= 4 is 52.5 Å². The second-order valence-corrected chi connectivity index (χ2v) is 7.08. The summed E-state index contributed by atoms with van der Waals surface area (Å²) >= 11 is 2.01. The van der Waals surface area contributed by atoms with E-state index in [4.69, 9.17) is 9.15 Å². The normalized spacial score (nSPS) is 14.9. The predicted molar refractivity (Wildman–Crippen MR) is 108 cm³/mol. The Morgan fingerprint density at radius 1 is 1.24 bits per heavy atom. The molecule has 1 N–H and O–H groups in total. The number of methoxy groups -OCH3 is 1. The number of hydrogen-bond donors (Lipinski definition) is 1. The lowest BCUT2D eigenvalue weighted by molar-refractivity contribution is -0.132. The highest BCUT2D eigenvalue weighted by molar-refractivity contribution is 14.1. The van der Waals surface area contributed by atoms with Crippen molar-refractivity contribution in [2.45, 2.75) is 13.5 Å². The van der Waals surface area contributed by atoms with Crippen LogP contribution in [0.15, 0.2) is 40.4 Å². The highest BCUT2D eigenvalue weighted by Crippen LogP contribution is 2.24. The first-order valence-electron chi connectivity index (χ1n) is 8.28. The molecule has 0 unspecified atom stereocenters. The highest BCUT2D eigenvalue weighted by Gasteiger charge is 2.34. The zero-order valence-electron chi connectivity index (χ0n) is 15.4. The molecular formula is C19H15IN2O7. The fourth-order valence-corrected chi connectivity index (χ4v) is 3.20. The summed E-state index contributed by atoms with van der Waals surface area (Å²) in [6.07, 6.45) is 1.52. The van der Waals surface area contributed by atoms with Gasteiger partial charge in [0.25, 0.3) is 5.91 Å². The molecule has 1 aliphatic rings. The molecule has 1 aliphatic heterocycles. The Kier molecular flexibility index (Phi) is 6.01. The fraction of sp³-hybridized carbons (Fsp3) is 0.158. The Balaban J connectivity index is 1.76. The van der Waals surface area contributed by atoms with E-state index < -0.39 is 23.9 Å². The fourth-order valence-electron chi connectivity index (χ4n) is 2.56. The zero-order valence-corrected chi connectivity index (χ0v) is 17.5.